The Morgan fingerprint density at radius 1 is 0.903 bits per heavy atom. The molecule has 1 aliphatic heterocycles. The zero-order valence-electron chi connectivity index (χ0n) is 16.8. The molecule has 5 rings (SSSR count). The van der Waals surface area contributed by atoms with Crippen LogP contribution in [0.3, 0.4) is 0 Å². The Kier molecular flexibility index (Phi) is 5.00. The van der Waals surface area contributed by atoms with Gasteiger partial charge in [-0.3, -0.25) is 5.32 Å². The zero-order valence-corrected chi connectivity index (χ0v) is 16.8. The Morgan fingerprint density at radius 3 is 2.35 bits per heavy atom. The number of halogens is 1. The molecule has 2 heterocycles. The molecular weight excluding hydrogens is 389 g/mol. The zero-order chi connectivity index (χ0) is 21.2. The number of fused-ring (bicyclic) bond motifs is 1. The maximum Gasteiger partial charge on any atom is 0.359 e. The summed E-state index contributed by atoms with van der Waals surface area (Å²) < 4.78 is 15.4. The number of carbonyl (C=O) groups is 1. The van der Waals surface area contributed by atoms with Crippen LogP contribution in [0.2, 0.25) is 0 Å². The van der Waals surface area contributed by atoms with Crippen LogP contribution in [0.4, 0.5) is 10.2 Å². The summed E-state index contributed by atoms with van der Waals surface area (Å²) in [5.74, 6) is 0.376. The van der Waals surface area contributed by atoms with Crippen molar-refractivity contribution in [3.63, 3.8) is 0 Å². The van der Waals surface area contributed by atoms with Crippen molar-refractivity contribution in [3.8, 4) is 11.3 Å². The molecule has 152 valence electrons. The van der Waals surface area contributed by atoms with Gasteiger partial charge in [0, 0.05) is 18.4 Å². The highest BCUT2D eigenvalue weighted by Crippen LogP contribution is 2.25. The van der Waals surface area contributed by atoms with Crippen molar-refractivity contribution in [1.29, 1.82) is 0 Å². The first-order valence-electron chi connectivity index (χ1n) is 10.3. The van der Waals surface area contributed by atoms with Gasteiger partial charge in [-0.1, -0.05) is 72.8 Å². The van der Waals surface area contributed by atoms with Gasteiger partial charge in [0.25, 0.3) is 0 Å². The van der Waals surface area contributed by atoms with Gasteiger partial charge in [0.2, 0.25) is 0 Å². The molecule has 0 fully saturated rings. The summed E-state index contributed by atoms with van der Waals surface area (Å²) in [4.78, 5) is 18.1. The lowest BCUT2D eigenvalue weighted by molar-refractivity contribution is -0.552. The number of carbonyl (C=O) groups excluding carboxylic acids is 1. The van der Waals surface area contributed by atoms with E-state index in [1.54, 1.807) is 16.8 Å². The summed E-state index contributed by atoms with van der Waals surface area (Å²) in [7, 11) is 0. The highest BCUT2D eigenvalue weighted by Gasteiger charge is 2.41. The van der Waals surface area contributed by atoms with Gasteiger partial charge >= 0.3 is 11.7 Å². The van der Waals surface area contributed by atoms with E-state index < -0.39 is 0 Å². The molecule has 4 nitrogen and oxygen atoms in total. The van der Waals surface area contributed by atoms with Gasteiger partial charge in [0.1, 0.15) is 23.4 Å². The van der Waals surface area contributed by atoms with Crippen LogP contribution >= 0.6 is 0 Å². The monoisotopic (exact) mass is 410 g/mol. The Morgan fingerprint density at radius 2 is 1.61 bits per heavy atom. The SMILES string of the molecule is O=C1C(Cc2ccccc2)Nc2c(Cc3cccc(F)c3)nc(-c3ccccc3)c[n+]21. The van der Waals surface area contributed by atoms with E-state index >= 15 is 0 Å². The fourth-order valence-corrected chi connectivity index (χ4v) is 3.97. The first-order chi connectivity index (χ1) is 15.2. The van der Waals surface area contributed by atoms with Gasteiger partial charge in [0.15, 0.2) is 6.04 Å². The smallest absolute Gasteiger partial charge is 0.258 e. The van der Waals surface area contributed by atoms with Gasteiger partial charge in [-0.2, -0.15) is 4.57 Å². The molecule has 0 saturated carbocycles. The van der Waals surface area contributed by atoms with Crippen LogP contribution in [0, 0.1) is 5.82 Å². The van der Waals surface area contributed by atoms with Crippen molar-refractivity contribution in [2.24, 2.45) is 0 Å². The molecule has 1 unspecified atom stereocenters. The van der Waals surface area contributed by atoms with Gasteiger partial charge in [-0.15, -0.1) is 0 Å². The second-order valence-corrected chi connectivity index (χ2v) is 7.69. The van der Waals surface area contributed by atoms with Crippen LogP contribution in [-0.4, -0.2) is 16.9 Å². The third-order valence-corrected chi connectivity index (χ3v) is 5.48. The lowest BCUT2D eigenvalue weighted by atomic mass is 10.1. The summed E-state index contributed by atoms with van der Waals surface area (Å²) in [6, 6.07) is 25.8. The van der Waals surface area contributed by atoms with Crippen molar-refractivity contribution in [2.45, 2.75) is 18.9 Å². The normalized spacial score (nSPS) is 14.9. The second-order valence-electron chi connectivity index (χ2n) is 7.69. The lowest BCUT2D eigenvalue weighted by Crippen LogP contribution is -2.44. The largest absolute Gasteiger partial charge is 0.359 e. The van der Waals surface area contributed by atoms with Crippen molar-refractivity contribution in [1.82, 2.24) is 4.98 Å². The average Bonchev–Trinajstić information content (AvgIpc) is 3.11. The maximum atomic E-state index is 13.8. The quantitative estimate of drug-likeness (QED) is 0.495. The van der Waals surface area contributed by atoms with Gasteiger partial charge in [-0.25, -0.2) is 14.2 Å². The van der Waals surface area contributed by atoms with Gasteiger partial charge in [0.05, 0.1) is 0 Å². The van der Waals surface area contributed by atoms with E-state index in [2.05, 4.69) is 5.32 Å². The molecule has 0 bridgehead atoms. The molecule has 1 aliphatic rings. The molecule has 0 amide bonds. The third kappa shape index (κ3) is 3.94. The van der Waals surface area contributed by atoms with Crippen molar-refractivity contribution >= 4 is 11.7 Å². The van der Waals surface area contributed by atoms with E-state index in [0.717, 1.165) is 22.4 Å². The number of nitrogens with one attached hydrogen (secondary N) is 1. The lowest BCUT2D eigenvalue weighted by Gasteiger charge is -2.07. The fraction of sp³-hybridized carbons (Fsp3) is 0.115. The molecule has 1 atom stereocenters. The number of hydrogen-bond donors (Lipinski definition) is 1. The molecule has 0 aliphatic carbocycles. The molecule has 0 radical (unpaired) electrons. The Balaban J connectivity index is 1.55. The molecule has 31 heavy (non-hydrogen) atoms. The van der Waals surface area contributed by atoms with E-state index in [1.807, 2.05) is 66.7 Å². The first kappa shape index (κ1) is 19.1. The predicted octanol–water partition coefficient (Wildman–Crippen LogP) is 4.44. The van der Waals surface area contributed by atoms with Crippen molar-refractivity contribution in [3.05, 3.63) is 114 Å². The summed E-state index contributed by atoms with van der Waals surface area (Å²) in [5.41, 5.74) is 4.26. The minimum atomic E-state index is -0.374. The highest BCUT2D eigenvalue weighted by molar-refractivity contribution is 5.82. The molecular formula is C26H21FN3O+. The summed E-state index contributed by atoms with van der Waals surface area (Å²) in [6.45, 7) is 0. The van der Waals surface area contributed by atoms with Crippen molar-refractivity contribution < 1.29 is 13.8 Å². The van der Waals surface area contributed by atoms with Gasteiger partial charge < -0.3 is 0 Å². The standard InChI is InChI=1S/C26H20FN3O/c27-21-13-7-10-19(14-21)16-22-25-29-23(15-18-8-3-1-4-9-18)26(31)30(25)17-24(28-22)20-11-5-2-6-12-20/h1-14,17,23H,15-16H2/p+1. The van der Waals surface area contributed by atoms with E-state index in [4.69, 9.17) is 4.98 Å². The Hall–Kier alpha value is -3.86. The maximum absolute atomic E-state index is 13.8. The van der Waals surface area contributed by atoms with Crippen LogP contribution < -0.4 is 9.88 Å². The van der Waals surface area contributed by atoms with Crippen LogP contribution in [0.15, 0.2) is 91.1 Å². The van der Waals surface area contributed by atoms with Crippen LogP contribution in [0.25, 0.3) is 11.3 Å². The summed E-state index contributed by atoms with van der Waals surface area (Å²) >= 11 is 0. The summed E-state index contributed by atoms with van der Waals surface area (Å²) in [6.07, 6.45) is 2.80. The first-order valence-corrected chi connectivity index (χ1v) is 10.3. The molecule has 0 spiro atoms. The average molecular weight is 410 g/mol. The molecule has 1 aromatic heterocycles. The summed E-state index contributed by atoms with van der Waals surface area (Å²) in [5, 5.41) is 3.37. The topological polar surface area (TPSA) is 45.9 Å². The minimum absolute atomic E-state index is 0.0149. The molecule has 1 N–H and O–H groups in total. The van der Waals surface area contributed by atoms with Crippen LogP contribution in [-0.2, 0) is 12.8 Å². The number of aromatic nitrogens is 2. The molecule has 4 aromatic rings. The fourth-order valence-electron chi connectivity index (χ4n) is 3.97. The van der Waals surface area contributed by atoms with E-state index in [9.17, 15) is 9.18 Å². The molecule has 3 aromatic carbocycles. The van der Waals surface area contributed by atoms with Crippen LogP contribution in [0.1, 0.15) is 21.6 Å². The minimum Gasteiger partial charge on any atom is -0.258 e. The number of anilines is 1. The van der Waals surface area contributed by atoms with E-state index in [1.165, 1.54) is 12.1 Å². The molecule has 0 saturated heterocycles. The Labute approximate surface area is 180 Å². The van der Waals surface area contributed by atoms with E-state index in [-0.39, 0.29) is 17.8 Å². The molecule has 5 heteroatoms. The van der Waals surface area contributed by atoms with Gasteiger partial charge in [-0.05, 0) is 23.3 Å². The number of hydrogen-bond acceptors (Lipinski definition) is 3. The van der Waals surface area contributed by atoms with Crippen LogP contribution in [0.5, 0.6) is 0 Å². The third-order valence-electron chi connectivity index (χ3n) is 5.48. The van der Waals surface area contributed by atoms with Crippen molar-refractivity contribution in [2.75, 3.05) is 5.32 Å². The highest BCUT2D eigenvalue weighted by atomic mass is 19.1. The number of nitrogens with zero attached hydrogens (tertiary/aromatic N) is 2. The Bertz CT molecular complexity index is 1240. The number of benzene rings is 3. The second kappa shape index (κ2) is 8.11. The predicted molar refractivity (Wildman–Crippen MR) is 117 cm³/mol. The number of rotatable bonds is 5. The van der Waals surface area contributed by atoms with E-state index in [0.29, 0.717) is 24.4 Å².